The van der Waals surface area contributed by atoms with Crippen molar-refractivity contribution in [2.45, 2.75) is 6.07 Å². The number of anilines is 3. The molecular weight excluding hydrogens is 309 g/mol. The van der Waals surface area contributed by atoms with Crippen molar-refractivity contribution in [3.8, 4) is 5.69 Å². The van der Waals surface area contributed by atoms with Gasteiger partial charge in [-0.3, -0.25) is 0 Å². The van der Waals surface area contributed by atoms with E-state index in [1.54, 1.807) is 0 Å². The number of nitrogens with zero attached hydrogens (tertiary/aromatic N) is 5. The van der Waals surface area contributed by atoms with Crippen molar-refractivity contribution in [1.82, 2.24) is 14.5 Å². The third kappa shape index (κ3) is 1.52. The Morgan fingerprint density at radius 1 is 0.880 bits per heavy atom. The van der Waals surface area contributed by atoms with Gasteiger partial charge in [0.05, 0.1) is 22.7 Å². The molecule has 0 bridgehead atoms. The summed E-state index contributed by atoms with van der Waals surface area (Å²) in [5, 5.41) is 0. The number of hydrogen-bond donors (Lipinski definition) is 0. The second kappa shape index (κ2) is 4.48. The molecule has 0 saturated carbocycles. The van der Waals surface area contributed by atoms with Crippen LogP contribution in [0.25, 0.3) is 5.69 Å². The molecule has 0 radical (unpaired) electrons. The average molecular weight is 325 g/mol. The van der Waals surface area contributed by atoms with Gasteiger partial charge in [-0.2, -0.15) is 0 Å². The molecule has 0 N–H and O–H groups in total. The Hall–Kier alpha value is -3.15. The van der Waals surface area contributed by atoms with Crippen LogP contribution in [0.5, 0.6) is 0 Å². The minimum absolute atomic E-state index is 0.125. The normalized spacial score (nSPS) is 19.3. The minimum Gasteiger partial charge on any atom is -0.372 e. The number of rotatable bonds is 0. The summed E-state index contributed by atoms with van der Waals surface area (Å²) in [5.41, 5.74) is 5.96. The van der Waals surface area contributed by atoms with Crippen molar-refractivity contribution in [2.24, 2.45) is 0 Å². The van der Waals surface area contributed by atoms with Crippen LogP contribution in [0.2, 0.25) is 0 Å². The van der Waals surface area contributed by atoms with Crippen molar-refractivity contribution in [1.29, 1.82) is 0 Å². The lowest BCUT2D eigenvalue weighted by atomic mass is 9.52. The van der Waals surface area contributed by atoms with Gasteiger partial charge in [0.25, 0.3) is 0 Å². The van der Waals surface area contributed by atoms with Crippen LogP contribution in [0.3, 0.4) is 0 Å². The highest BCUT2D eigenvalue weighted by Gasteiger charge is 2.51. The van der Waals surface area contributed by atoms with Crippen LogP contribution in [0.1, 0.15) is 0 Å². The standard InChI is InChI=1S/C19H16BN5/c1-22-12-13-24-15-7-3-5-9-17(15)25-16-8-4-2-6-14(16)23-11-10-21-18(23)20(25)19(22)24/h2-13,19H,1H3. The van der Waals surface area contributed by atoms with Gasteiger partial charge < -0.3 is 19.2 Å². The lowest BCUT2D eigenvalue weighted by Gasteiger charge is -2.48. The summed E-state index contributed by atoms with van der Waals surface area (Å²) in [5.74, 6) is 0. The molecule has 3 aliphatic heterocycles. The topological polar surface area (TPSA) is 27.5 Å². The number of aromatic nitrogens is 2. The second-order valence-corrected chi connectivity index (χ2v) is 6.73. The van der Waals surface area contributed by atoms with Gasteiger partial charge in [-0.15, -0.1) is 0 Å². The van der Waals surface area contributed by atoms with Crippen molar-refractivity contribution < 1.29 is 0 Å². The van der Waals surface area contributed by atoms with E-state index in [1.807, 2.05) is 6.20 Å². The van der Waals surface area contributed by atoms with Gasteiger partial charge in [-0.25, -0.2) is 4.98 Å². The first kappa shape index (κ1) is 13.2. The zero-order valence-corrected chi connectivity index (χ0v) is 13.8. The Bertz CT molecular complexity index is 1030. The highest BCUT2D eigenvalue weighted by molar-refractivity contribution is 6.80. The Labute approximate surface area is 146 Å². The van der Waals surface area contributed by atoms with Crippen molar-refractivity contribution in [3.63, 3.8) is 0 Å². The van der Waals surface area contributed by atoms with Crippen LogP contribution in [0, 0.1) is 0 Å². The molecule has 5 nitrogen and oxygen atoms in total. The molecule has 3 aliphatic rings. The number of benzene rings is 2. The summed E-state index contributed by atoms with van der Waals surface area (Å²) in [6.45, 7) is 0.125. The third-order valence-corrected chi connectivity index (χ3v) is 5.48. The van der Waals surface area contributed by atoms with Gasteiger partial charge in [0, 0.05) is 31.8 Å². The SMILES string of the molecule is CN1C=CN2c3ccccc3N3B(c4nccn4-c4ccccc43)C12. The molecule has 3 aromatic rings. The summed E-state index contributed by atoms with van der Waals surface area (Å²) >= 11 is 0. The number of hydrogen-bond acceptors (Lipinski definition) is 4. The van der Waals surface area contributed by atoms with Gasteiger partial charge in [-0.05, 0) is 24.3 Å². The van der Waals surface area contributed by atoms with Crippen LogP contribution in [0.15, 0.2) is 73.3 Å². The summed E-state index contributed by atoms with van der Waals surface area (Å²) in [7, 11) is 2.14. The molecule has 1 unspecified atom stereocenters. The summed E-state index contributed by atoms with van der Waals surface area (Å²) < 4.78 is 2.23. The number of fused-ring (bicyclic) bond motifs is 11. The van der Waals surface area contributed by atoms with Gasteiger partial charge >= 0.3 is 6.85 Å². The Balaban J connectivity index is 1.71. The quantitative estimate of drug-likeness (QED) is 0.593. The third-order valence-electron chi connectivity index (χ3n) is 5.48. The van der Waals surface area contributed by atoms with Gasteiger partial charge in [0.2, 0.25) is 0 Å². The fraction of sp³-hybridized carbons (Fsp3) is 0.105. The van der Waals surface area contributed by atoms with Crippen LogP contribution in [0.4, 0.5) is 17.1 Å². The average Bonchev–Trinajstić information content (AvgIpc) is 3.29. The largest absolute Gasteiger partial charge is 0.383 e. The molecule has 4 heterocycles. The van der Waals surface area contributed by atoms with Gasteiger partial charge in [0.1, 0.15) is 11.8 Å². The molecular formula is C19H16BN5. The molecule has 0 saturated heterocycles. The van der Waals surface area contributed by atoms with E-state index in [0.717, 1.165) is 5.72 Å². The van der Waals surface area contributed by atoms with Crippen LogP contribution in [-0.4, -0.2) is 34.4 Å². The highest BCUT2D eigenvalue weighted by Crippen LogP contribution is 2.46. The summed E-state index contributed by atoms with van der Waals surface area (Å²) in [6.07, 6.45) is 8.30. The molecule has 25 heavy (non-hydrogen) atoms. The van der Waals surface area contributed by atoms with Crippen LogP contribution >= 0.6 is 0 Å². The summed E-state index contributed by atoms with van der Waals surface area (Å²) in [6, 6.07) is 17.4. The highest BCUT2D eigenvalue weighted by atomic mass is 15.4. The van der Waals surface area contributed by atoms with E-state index in [9.17, 15) is 0 Å². The molecule has 2 aromatic carbocycles. The minimum atomic E-state index is 0.125. The smallest absolute Gasteiger partial charge is 0.372 e. The Kier molecular flexibility index (Phi) is 2.36. The van der Waals surface area contributed by atoms with Crippen LogP contribution < -0.4 is 15.4 Å². The lowest BCUT2D eigenvalue weighted by Crippen LogP contribution is -2.68. The molecule has 1 aromatic heterocycles. The van der Waals surface area contributed by atoms with Crippen molar-refractivity contribution in [2.75, 3.05) is 16.8 Å². The van der Waals surface area contributed by atoms with Gasteiger partial charge in [0.15, 0.2) is 0 Å². The lowest BCUT2D eigenvalue weighted by molar-refractivity contribution is 0.441. The maximum absolute atomic E-state index is 4.75. The van der Waals surface area contributed by atoms with E-state index in [0.29, 0.717) is 0 Å². The molecule has 0 amide bonds. The van der Waals surface area contributed by atoms with Crippen molar-refractivity contribution in [3.05, 3.63) is 73.3 Å². The molecule has 1 atom stereocenters. The predicted octanol–water partition coefficient (Wildman–Crippen LogP) is 2.32. The fourth-order valence-corrected chi connectivity index (χ4v) is 4.45. The maximum Gasteiger partial charge on any atom is 0.383 e. The molecule has 0 spiro atoms. The molecule has 0 fully saturated rings. The van der Waals surface area contributed by atoms with Crippen LogP contribution in [-0.2, 0) is 0 Å². The van der Waals surface area contributed by atoms with E-state index in [-0.39, 0.29) is 12.9 Å². The van der Waals surface area contributed by atoms with E-state index in [4.69, 9.17) is 4.98 Å². The Morgan fingerprint density at radius 2 is 1.56 bits per heavy atom. The molecule has 120 valence electrons. The van der Waals surface area contributed by atoms with Gasteiger partial charge in [-0.1, -0.05) is 24.3 Å². The maximum atomic E-state index is 4.75. The first-order valence-electron chi connectivity index (χ1n) is 8.54. The van der Waals surface area contributed by atoms with Crippen molar-refractivity contribution >= 4 is 29.6 Å². The number of para-hydroxylation sites is 4. The zero-order chi connectivity index (χ0) is 16.5. The first-order chi connectivity index (χ1) is 12.3. The zero-order valence-electron chi connectivity index (χ0n) is 13.8. The predicted molar refractivity (Wildman–Crippen MR) is 101 cm³/mol. The number of imidazole rings is 1. The molecule has 6 heteroatoms. The molecule has 0 aliphatic carbocycles. The van der Waals surface area contributed by atoms with E-state index in [1.165, 1.54) is 22.7 Å². The fourth-order valence-electron chi connectivity index (χ4n) is 4.45. The summed E-state index contributed by atoms with van der Waals surface area (Å²) in [4.78, 5) is 11.8. The van der Waals surface area contributed by atoms with E-state index >= 15 is 0 Å². The van der Waals surface area contributed by atoms with E-state index < -0.39 is 0 Å². The Morgan fingerprint density at radius 3 is 2.36 bits per heavy atom. The first-order valence-corrected chi connectivity index (χ1v) is 8.54. The monoisotopic (exact) mass is 325 g/mol. The second-order valence-electron chi connectivity index (χ2n) is 6.73. The molecule has 6 rings (SSSR count). The van der Waals surface area contributed by atoms with E-state index in [2.05, 4.69) is 93.4 Å².